The summed E-state index contributed by atoms with van der Waals surface area (Å²) in [5.41, 5.74) is -0.271. The second-order valence-electron chi connectivity index (χ2n) is 2.75. The van der Waals surface area contributed by atoms with Gasteiger partial charge in [0, 0.05) is 13.2 Å². The van der Waals surface area contributed by atoms with E-state index in [4.69, 9.17) is 0 Å². The molecule has 0 saturated carbocycles. The van der Waals surface area contributed by atoms with E-state index in [0.29, 0.717) is 4.48 Å². The standard InChI is InChI=1S/C9H8BrNO4/c1-11-3-5(10)8(13)7(6(11)4-12)9(14)15-2/h3,13H,1-2H3. The fourth-order valence-electron chi connectivity index (χ4n) is 1.12. The Morgan fingerprint density at radius 2 is 2.27 bits per heavy atom. The van der Waals surface area contributed by atoms with Crippen LogP contribution in [0.1, 0.15) is 0 Å². The maximum atomic E-state index is 11.3. The first kappa shape index (κ1) is 11.6. The molecule has 0 atom stereocenters. The number of esters is 1. The van der Waals surface area contributed by atoms with E-state index in [0.717, 1.165) is 7.11 Å². The quantitative estimate of drug-likeness (QED) is 0.567. The zero-order valence-electron chi connectivity index (χ0n) is 8.07. The molecule has 0 fully saturated rings. The fraction of sp³-hybridized carbons (Fsp3) is 0.222. The summed E-state index contributed by atoms with van der Waals surface area (Å²) in [6.07, 6.45) is 1.45. The molecule has 0 unspecified atom stereocenters. The monoisotopic (exact) mass is 273 g/mol. The predicted octanol–water partition coefficient (Wildman–Crippen LogP) is 0.869. The highest BCUT2D eigenvalue weighted by Crippen LogP contribution is 2.29. The Morgan fingerprint density at radius 1 is 1.67 bits per heavy atom. The van der Waals surface area contributed by atoms with Gasteiger partial charge < -0.3 is 14.7 Å². The minimum absolute atomic E-state index is 0.0671. The molecule has 1 aliphatic heterocycles. The third kappa shape index (κ3) is 1.95. The van der Waals surface area contributed by atoms with Gasteiger partial charge in [-0.25, -0.2) is 9.59 Å². The third-order valence-corrected chi connectivity index (χ3v) is 2.43. The second-order valence-corrected chi connectivity index (χ2v) is 3.61. The molecule has 0 aromatic rings. The van der Waals surface area contributed by atoms with Crippen LogP contribution in [-0.2, 0) is 14.3 Å². The molecule has 0 aromatic heterocycles. The lowest BCUT2D eigenvalue weighted by Crippen LogP contribution is -2.24. The van der Waals surface area contributed by atoms with Crippen LogP contribution >= 0.6 is 15.9 Å². The van der Waals surface area contributed by atoms with Gasteiger partial charge in [0.15, 0.2) is 5.94 Å². The minimum atomic E-state index is -0.789. The van der Waals surface area contributed by atoms with Crippen LogP contribution in [0, 0.1) is 0 Å². The van der Waals surface area contributed by atoms with Crippen LogP contribution in [0.5, 0.6) is 0 Å². The summed E-state index contributed by atoms with van der Waals surface area (Å²) < 4.78 is 4.75. The zero-order chi connectivity index (χ0) is 11.6. The molecule has 0 amide bonds. The van der Waals surface area contributed by atoms with Crippen molar-refractivity contribution in [3.8, 4) is 0 Å². The average molecular weight is 274 g/mol. The van der Waals surface area contributed by atoms with E-state index in [1.165, 1.54) is 11.1 Å². The molecule has 0 aliphatic carbocycles. The summed E-state index contributed by atoms with van der Waals surface area (Å²) in [5, 5.41) is 9.60. The second kappa shape index (κ2) is 4.33. The highest BCUT2D eigenvalue weighted by Gasteiger charge is 2.29. The number of likely N-dealkylation sites (N-methyl/N-ethyl adjacent to an activating group) is 1. The molecule has 6 heteroatoms. The largest absolute Gasteiger partial charge is 0.506 e. The number of methoxy groups -OCH3 is 1. The molecule has 0 spiro atoms. The number of carbonyl (C=O) groups is 1. The average Bonchev–Trinajstić information content (AvgIpc) is 2.21. The molecule has 80 valence electrons. The van der Waals surface area contributed by atoms with Gasteiger partial charge in [0.2, 0.25) is 0 Å². The number of nitrogens with zero attached hydrogens (tertiary/aromatic N) is 1. The van der Waals surface area contributed by atoms with Gasteiger partial charge in [-0.3, -0.25) is 0 Å². The Balaban J connectivity index is 3.38. The Labute approximate surface area is 94.4 Å². The van der Waals surface area contributed by atoms with Crippen LogP contribution in [0.2, 0.25) is 0 Å². The van der Waals surface area contributed by atoms with E-state index in [-0.39, 0.29) is 17.0 Å². The molecule has 0 aromatic carbocycles. The van der Waals surface area contributed by atoms with Gasteiger partial charge >= 0.3 is 5.97 Å². The topological polar surface area (TPSA) is 66.8 Å². The van der Waals surface area contributed by atoms with Crippen LogP contribution in [0.25, 0.3) is 0 Å². The molecule has 0 bridgehead atoms. The first-order valence-corrected chi connectivity index (χ1v) is 4.69. The van der Waals surface area contributed by atoms with Gasteiger partial charge in [0.25, 0.3) is 0 Å². The minimum Gasteiger partial charge on any atom is -0.506 e. The summed E-state index contributed by atoms with van der Waals surface area (Å²) in [5.74, 6) is 0.454. The van der Waals surface area contributed by atoms with Crippen molar-refractivity contribution >= 4 is 27.8 Å². The highest BCUT2D eigenvalue weighted by molar-refractivity contribution is 9.11. The molecule has 0 radical (unpaired) electrons. The van der Waals surface area contributed by atoms with E-state index in [9.17, 15) is 14.7 Å². The normalized spacial score (nSPS) is 16.1. The van der Waals surface area contributed by atoms with E-state index < -0.39 is 5.97 Å². The fourth-order valence-corrected chi connectivity index (χ4v) is 1.63. The number of allylic oxidation sites excluding steroid dienone is 1. The van der Waals surface area contributed by atoms with Crippen molar-refractivity contribution in [1.82, 2.24) is 4.90 Å². The van der Waals surface area contributed by atoms with Crippen LogP contribution in [-0.4, -0.2) is 36.1 Å². The molecule has 1 heterocycles. The SMILES string of the molecule is COC(=O)C1=C(O)C(Br)=CN(C)C1=C=O. The van der Waals surface area contributed by atoms with Gasteiger partial charge in [0.05, 0.1) is 11.6 Å². The first-order valence-electron chi connectivity index (χ1n) is 3.90. The number of rotatable bonds is 1. The number of halogens is 1. The van der Waals surface area contributed by atoms with Crippen molar-refractivity contribution < 1.29 is 19.4 Å². The van der Waals surface area contributed by atoms with Crippen molar-refractivity contribution in [2.45, 2.75) is 0 Å². The van der Waals surface area contributed by atoms with Gasteiger partial charge in [0.1, 0.15) is 17.0 Å². The van der Waals surface area contributed by atoms with E-state index in [1.807, 2.05) is 0 Å². The van der Waals surface area contributed by atoms with E-state index >= 15 is 0 Å². The van der Waals surface area contributed by atoms with Gasteiger partial charge in [-0.1, -0.05) is 0 Å². The van der Waals surface area contributed by atoms with Crippen molar-refractivity contribution in [2.75, 3.05) is 14.2 Å². The predicted molar refractivity (Wildman–Crippen MR) is 55.7 cm³/mol. The Bertz CT molecular complexity index is 418. The number of hydrogen-bond acceptors (Lipinski definition) is 5. The van der Waals surface area contributed by atoms with E-state index in [2.05, 4.69) is 20.7 Å². The van der Waals surface area contributed by atoms with Gasteiger partial charge in [-0.15, -0.1) is 0 Å². The maximum absolute atomic E-state index is 11.3. The molecule has 5 nitrogen and oxygen atoms in total. The summed E-state index contributed by atoms with van der Waals surface area (Å²) in [7, 11) is 2.72. The summed E-state index contributed by atoms with van der Waals surface area (Å²) >= 11 is 3.05. The van der Waals surface area contributed by atoms with Crippen LogP contribution in [0.4, 0.5) is 0 Å². The number of aliphatic hydroxyl groups excluding tert-OH is 1. The third-order valence-electron chi connectivity index (χ3n) is 1.85. The van der Waals surface area contributed by atoms with Crippen molar-refractivity contribution in [2.24, 2.45) is 0 Å². The molecular weight excluding hydrogens is 266 g/mol. The summed E-state index contributed by atoms with van der Waals surface area (Å²) in [4.78, 5) is 23.3. The maximum Gasteiger partial charge on any atom is 0.344 e. The summed E-state index contributed by atoms with van der Waals surface area (Å²) in [6, 6.07) is 0. The summed E-state index contributed by atoms with van der Waals surface area (Å²) in [6.45, 7) is 0. The Kier molecular flexibility index (Phi) is 3.34. The lowest BCUT2D eigenvalue weighted by Gasteiger charge is -2.22. The van der Waals surface area contributed by atoms with Crippen LogP contribution < -0.4 is 0 Å². The number of aliphatic hydroxyl groups is 1. The molecule has 1 N–H and O–H groups in total. The van der Waals surface area contributed by atoms with Crippen molar-refractivity contribution in [3.63, 3.8) is 0 Å². The smallest absolute Gasteiger partial charge is 0.344 e. The number of ether oxygens (including phenoxy) is 1. The van der Waals surface area contributed by atoms with Gasteiger partial charge in [-0.05, 0) is 15.9 Å². The number of carbonyl (C=O) groups excluding carboxylic acids is 2. The zero-order valence-corrected chi connectivity index (χ0v) is 9.66. The Morgan fingerprint density at radius 3 is 2.73 bits per heavy atom. The highest BCUT2D eigenvalue weighted by atomic mass is 79.9. The first-order chi connectivity index (χ1) is 7.02. The molecule has 1 rings (SSSR count). The molecule has 1 aliphatic rings. The molecule has 15 heavy (non-hydrogen) atoms. The lowest BCUT2D eigenvalue weighted by molar-refractivity contribution is -0.136. The molecule has 0 saturated heterocycles. The Hall–Kier alpha value is -1.52. The molecular formula is C9H8BrNO4. The number of hydrogen-bond donors (Lipinski definition) is 1. The lowest BCUT2D eigenvalue weighted by atomic mass is 10.1. The van der Waals surface area contributed by atoms with Crippen molar-refractivity contribution in [1.29, 1.82) is 0 Å². The van der Waals surface area contributed by atoms with Crippen LogP contribution in [0.15, 0.2) is 27.7 Å². The van der Waals surface area contributed by atoms with E-state index in [1.54, 1.807) is 13.0 Å². The van der Waals surface area contributed by atoms with Crippen LogP contribution in [0.3, 0.4) is 0 Å². The van der Waals surface area contributed by atoms with Gasteiger partial charge in [-0.2, -0.15) is 0 Å². The van der Waals surface area contributed by atoms with Crippen molar-refractivity contribution in [3.05, 3.63) is 27.7 Å².